The molecular weight excluding hydrogens is 435 g/mol. The summed E-state index contributed by atoms with van der Waals surface area (Å²) in [6, 6.07) is 5.34. The molecule has 1 aromatic carbocycles. The maximum absolute atomic E-state index is 13.7. The van der Waals surface area contributed by atoms with E-state index in [1.807, 2.05) is 27.7 Å². The second-order valence-electron chi connectivity index (χ2n) is 9.16. The molecule has 3 heterocycles. The van der Waals surface area contributed by atoms with Gasteiger partial charge in [-0.15, -0.1) is 0 Å². The summed E-state index contributed by atoms with van der Waals surface area (Å²) in [5, 5.41) is 0.759. The van der Waals surface area contributed by atoms with Crippen LogP contribution in [0.3, 0.4) is 0 Å². The van der Waals surface area contributed by atoms with Crippen molar-refractivity contribution in [2.24, 2.45) is 11.1 Å². The van der Waals surface area contributed by atoms with Crippen LogP contribution in [0.15, 0.2) is 23.0 Å². The molecule has 0 unspecified atom stereocenters. The summed E-state index contributed by atoms with van der Waals surface area (Å²) in [7, 11) is 0. The highest BCUT2D eigenvalue weighted by atomic mass is 35.5. The van der Waals surface area contributed by atoms with Gasteiger partial charge in [0.05, 0.1) is 34.0 Å². The van der Waals surface area contributed by atoms with Gasteiger partial charge in [-0.3, -0.25) is 9.36 Å². The number of halogens is 2. The third-order valence-corrected chi connectivity index (χ3v) is 7.73. The second-order valence-corrected chi connectivity index (χ2v) is 9.94. The van der Waals surface area contributed by atoms with Crippen molar-refractivity contribution in [2.75, 3.05) is 24.6 Å². The predicted molar refractivity (Wildman–Crippen MR) is 126 cm³/mol. The lowest BCUT2D eigenvalue weighted by Crippen LogP contribution is -2.51. The van der Waals surface area contributed by atoms with Crippen molar-refractivity contribution in [1.29, 1.82) is 0 Å². The van der Waals surface area contributed by atoms with Crippen molar-refractivity contribution >= 4 is 29.0 Å². The highest BCUT2D eigenvalue weighted by molar-refractivity contribution is 6.43. The molecule has 1 spiro atoms. The average Bonchev–Trinajstić information content (AvgIpc) is 2.99. The summed E-state index contributed by atoms with van der Waals surface area (Å²) >= 11 is 12.6. The molecule has 0 aliphatic carbocycles. The van der Waals surface area contributed by atoms with Crippen molar-refractivity contribution in [3.05, 3.63) is 50.0 Å². The predicted octanol–water partition coefficient (Wildman–Crippen LogP) is 4.30. The van der Waals surface area contributed by atoms with Gasteiger partial charge >= 0.3 is 0 Å². The van der Waals surface area contributed by atoms with Gasteiger partial charge in [0.25, 0.3) is 5.56 Å². The van der Waals surface area contributed by atoms with Crippen LogP contribution >= 0.6 is 23.2 Å². The van der Waals surface area contributed by atoms with Gasteiger partial charge < -0.3 is 15.4 Å². The molecule has 2 saturated heterocycles. The highest BCUT2D eigenvalue weighted by Crippen LogP contribution is 2.42. The topological polar surface area (TPSA) is 73.4 Å². The molecule has 0 bridgehead atoms. The summed E-state index contributed by atoms with van der Waals surface area (Å²) in [6.45, 7) is 10.2. The van der Waals surface area contributed by atoms with Crippen LogP contribution in [0.4, 0.5) is 5.82 Å². The summed E-state index contributed by atoms with van der Waals surface area (Å²) in [5.74, 6) is 1.36. The Labute approximate surface area is 193 Å². The minimum atomic E-state index is -0.100. The van der Waals surface area contributed by atoms with Crippen LogP contribution in [0.1, 0.15) is 50.9 Å². The Morgan fingerprint density at radius 3 is 2.52 bits per heavy atom. The number of hydrogen-bond acceptors (Lipinski definition) is 5. The van der Waals surface area contributed by atoms with Crippen LogP contribution < -0.4 is 16.2 Å². The third kappa shape index (κ3) is 3.78. The van der Waals surface area contributed by atoms with E-state index in [0.29, 0.717) is 33.7 Å². The maximum atomic E-state index is 13.7. The minimum absolute atomic E-state index is 0.00721. The van der Waals surface area contributed by atoms with E-state index in [-0.39, 0.29) is 29.0 Å². The molecule has 2 atom stereocenters. The Balaban J connectivity index is 1.73. The smallest absolute Gasteiger partial charge is 0.263 e. The zero-order valence-electron chi connectivity index (χ0n) is 18.5. The van der Waals surface area contributed by atoms with E-state index in [2.05, 4.69) is 4.90 Å². The number of aryl methyl sites for hydroxylation is 1. The van der Waals surface area contributed by atoms with Crippen LogP contribution in [-0.4, -0.2) is 41.4 Å². The monoisotopic (exact) mass is 464 g/mol. The van der Waals surface area contributed by atoms with Gasteiger partial charge in [0, 0.05) is 24.5 Å². The number of aromatic nitrogens is 2. The lowest BCUT2D eigenvalue weighted by Gasteiger charge is -2.42. The lowest BCUT2D eigenvalue weighted by atomic mass is 9.73. The van der Waals surface area contributed by atoms with Crippen molar-refractivity contribution in [3.63, 3.8) is 0 Å². The molecule has 4 rings (SSSR count). The Hall–Kier alpha value is -1.60. The first-order chi connectivity index (χ1) is 14.7. The van der Waals surface area contributed by atoms with E-state index in [4.69, 9.17) is 38.7 Å². The number of piperidine rings is 1. The van der Waals surface area contributed by atoms with E-state index in [1.165, 1.54) is 0 Å². The van der Waals surface area contributed by atoms with Crippen LogP contribution in [0.2, 0.25) is 10.0 Å². The van der Waals surface area contributed by atoms with Crippen molar-refractivity contribution in [1.82, 2.24) is 9.55 Å². The fourth-order valence-corrected chi connectivity index (χ4v) is 5.34. The number of nitrogens with two attached hydrogens (primary N) is 1. The quantitative estimate of drug-likeness (QED) is 0.732. The molecule has 168 valence electrons. The molecule has 2 aliphatic heterocycles. The second kappa shape index (κ2) is 8.39. The fraction of sp³-hybridized carbons (Fsp3) is 0.565. The third-order valence-electron chi connectivity index (χ3n) is 6.92. The normalized spacial score (nSPS) is 23.2. The Kier molecular flexibility index (Phi) is 6.12. The van der Waals surface area contributed by atoms with Gasteiger partial charge in [-0.2, -0.15) is 0 Å². The summed E-state index contributed by atoms with van der Waals surface area (Å²) in [5.41, 5.74) is 7.64. The number of rotatable bonds is 3. The fourth-order valence-electron chi connectivity index (χ4n) is 4.96. The van der Waals surface area contributed by atoms with Gasteiger partial charge in [0.2, 0.25) is 0 Å². The van der Waals surface area contributed by atoms with E-state index >= 15 is 0 Å². The molecule has 8 heteroatoms. The van der Waals surface area contributed by atoms with Crippen LogP contribution in [-0.2, 0) is 4.74 Å². The summed E-state index contributed by atoms with van der Waals surface area (Å²) < 4.78 is 7.42. The molecule has 2 aliphatic rings. The number of nitrogens with zero attached hydrogens (tertiary/aromatic N) is 3. The lowest BCUT2D eigenvalue weighted by molar-refractivity contribution is 0.0974. The number of hydrogen-bond donors (Lipinski definition) is 1. The van der Waals surface area contributed by atoms with Gasteiger partial charge in [-0.05, 0) is 44.7 Å². The molecule has 0 radical (unpaired) electrons. The van der Waals surface area contributed by atoms with Crippen LogP contribution in [0.25, 0.3) is 5.69 Å². The molecule has 31 heavy (non-hydrogen) atoms. The van der Waals surface area contributed by atoms with Crippen molar-refractivity contribution in [2.45, 2.75) is 58.6 Å². The first-order valence-corrected chi connectivity index (χ1v) is 11.6. The van der Waals surface area contributed by atoms with Crippen LogP contribution in [0, 0.1) is 12.3 Å². The summed E-state index contributed by atoms with van der Waals surface area (Å²) in [6.07, 6.45) is 1.95. The number of anilines is 1. The van der Waals surface area contributed by atoms with Gasteiger partial charge in [0.1, 0.15) is 11.6 Å². The van der Waals surface area contributed by atoms with Gasteiger partial charge in [-0.1, -0.05) is 43.1 Å². The zero-order valence-corrected chi connectivity index (χ0v) is 20.0. The largest absolute Gasteiger partial charge is 0.376 e. The molecule has 0 amide bonds. The highest BCUT2D eigenvalue weighted by Gasteiger charge is 2.48. The van der Waals surface area contributed by atoms with E-state index in [9.17, 15) is 4.79 Å². The number of benzene rings is 1. The first kappa shape index (κ1) is 22.6. The average molecular weight is 465 g/mol. The minimum Gasteiger partial charge on any atom is -0.376 e. The molecule has 2 aromatic rings. The van der Waals surface area contributed by atoms with E-state index in [0.717, 1.165) is 31.7 Å². The molecule has 2 fully saturated rings. The van der Waals surface area contributed by atoms with Crippen molar-refractivity contribution < 1.29 is 4.74 Å². The molecule has 0 saturated carbocycles. The molecule has 1 aromatic heterocycles. The Morgan fingerprint density at radius 2 is 1.94 bits per heavy atom. The van der Waals surface area contributed by atoms with Crippen LogP contribution in [0.5, 0.6) is 0 Å². The molecule has 2 N–H and O–H groups in total. The molecule has 6 nitrogen and oxygen atoms in total. The summed E-state index contributed by atoms with van der Waals surface area (Å²) in [4.78, 5) is 20.8. The Bertz CT molecular complexity index is 1040. The van der Waals surface area contributed by atoms with E-state index in [1.54, 1.807) is 22.8 Å². The standard InChI is InChI=1S/C23H30Cl2N4O2/c1-13(2)18-21(28-10-8-23(9-11-28)12-31-14(3)20(23)26)27-15(4)29(22(18)30)17-7-5-6-16(24)19(17)25/h5-7,13-14,20H,8-12,26H2,1-4H3/t14-,20+/m0/s1. The van der Waals surface area contributed by atoms with Gasteiger partial charge in [-0.25, -0.2) is 4.98 Å². The van der Waals surface area contributed by atoms with Crippen molar-refractivity contribution in [3.8, 4) is 5.69 Å². The number of ether oxygens (including phenoxy) is 1. The zero-order chi connectivity index (χ0) is 22.5. The maximum Gasteiger partial charge on any atom is 0.263 e. The van der Waals surface area contributed by atoms with Gasteiger partial charge in [0.15, 0.2) is 0 Å². The van der Waals surface area contributed by atoms with E-state index < -0.39 is 0 Å². The first-order valence-electron chi connectivity index (χ1n) is 10.9. The molecular formula is C23H30Cl2N4O2. The SMILES string of the molecule is Cc1nc(N2CCC3(CC2)CO[C@@H](C)[C@H]3N)c(C(C)C)c(=O)n1-c1cccc(Cl)c1Cl. The Morgan fingerprint density at radius 1 is 1.26 bits per heavy atom.